The zero-order chi connectivity index (χ0) is 18.4. The Kier molecular flexibility index (Phi) is 6.38. The first-order valence-electron chi connectivity index (χ1n) is 9.65. The minimum Gasteiger partial charge on any atom is -0.490 e. The predicted octanol–water partition coefficient (Wildman–Crippen LogP) is 3.29. The normalized spacial score (nSPS) is 21.5. The van der Waals surface area contributed by atoms with Crippen LogP contribution in [0, 0.1) is 0 Å². The Morgan fingerprint density at radius 3 is 2.62 bits per heavy atom. The number of hydrogen-bond acceptors (Lipinski definition) is 5. The molecule has 1 aromatic rings. The Balaban J connectivity index is 1.55. The largest absolute Gasteiger partial charge is 0.490 e. The highest BCUT2D eigenvalue weighted by Crippen LogP contribution is 2.37. The minimum absolute atomic E-state index is 0.0916. The molecule has 0 radical (unpaired) electrons. The Labute approximate surface area is 155 Å². The summed E-state index contributed by atoms with van der Waals surface area (Å²) in [5.41, 5.74) is 0.545. The molecule has 1 spiro atoms. The van der Waals surface area contributed by atoms with Crippen LogP contribution in [0.4, 0.5) is 0 Å². The first-order valence-corrected chi connectivity index (χ1v) is 9.65. The fourth-order valence-electron chi connectivity index (χ4n) is 3.57. The minimum atomic E-state index is -0.408. The van der Waals surface area contributed by atoms with Crippen molar-refractivity contribution in [2.24, 2.45) is 0 Å². The van der Waals surface area contributed by atoms with E-state index in [4.69, 9.17) is 18.9 Å². The lowest BCUT2D eigenvalue weighted by atomic mass is 9.94. The molecule has 1 heterocycles. The molecule has 6 heteroatoms. The van der Waals surface area contributed by atoms with Gasteiger partial charge in [0.25, 0.3) is 5.91 Å². The third kappa shape index (κ3) is 4.48. The molecule has 0 aromatic heterocycles. The van der Waals surface area contributed by atoms with Gasteiger partial charge in [0.2, 0.25) is 0 Å². The Morgan fingerprint density at radius 2 is 1.88 bits per heavy atom. The lowest BCUT2D eigenvalue weighted by molar-refractivity contribution is -0.186. The van der Waals surface area contributed by atoms with Crippen LogP contribution in [0.1, 0.15) is 56.3 Å². The van der Waals surface area contributed by atoms with Crippen LogP contribution in [-0.2, 0) is 9.47 Å². The van der Waals surface area contributed by atoms with Crippen LogP contribution < -0.4 is 14.8 Å². The van der Waals surface area contributed by atoms with Gasteiger partial charge in [0.15, 0.2) is 17.3 Å². The van der Waals surface area contributed by atoms with Gasteiger partial charge in [-0.25, -0.2) is 0 Å². The van der Waals surface area contributed by atoms with Gasteiger partial charge >= 0.3 is 0 Å². The number of carbonyl (C=O) groups excluding carboxylic acids is 1. The van der Waals surface area contributed by atoms with Gasteiger partial charge < -0.3 is 24.3 Å². The predicted molar refractivity (Wildman–Crippen MR) is 97.8 cm³/mol. The Morgan fingerprint density at radius 1 is 1.15 bits per heavy atom. The maximum Gasteiger partial charge on any atom is 0.251 e. The zero-order valence-corrected chi connectivity index (χ0v) is 15.7. The van der Waals surface area contributed by atoms with E-state index < -0.39 is 5.79 Å². The summed E-state index contributed by atoms with van der Waals surface area (Å²) in [7, 11) is 0. The first-order chi connectivity index (χ1) is 12.7. The molecular weight excluding hydrogens is 334 g/mol. The Hall–Kier alpha value is -1.79. The molecule has 144 valence electrons. The van der Waals surface area contributed by atoms with Crippen LogP contribution >= 0.6 is 0 Å². The molecule has 1 saturated heterocycles. The van der Waals surface area contributed by atoms with E-state index in [2.05, 4.69) is 5.32 Å². The van der Waals surface area contributed by atoms with E-state index in [1.54, 1.807) is 18.2 Å². The molecule has 2 fully saturated rings. The van der Waals surface area contributed by atoms with Crippen molar-refractivity contribution in [3.63, 3.8) is 0 Å². The van der Waals surface area contributed by atoms with Crippen LogP contribution in [0.15, 0.2) is 18.2 Å². The molecule has 1 amide bonds. The van der Waals surface area contributed by atoms with E-state index in [1.807, 2.05) is 13.8 Å². The quantitative estimate of drug-likeness (QED) is 0.805. The summed E-state index contributed by atoms with van der Waals surface area (Å²) in [5.74, 6) is 0.679. The topological polar surface area (TPSA) is 66.0 Å². The van der Waals surface area contributed by atoms with Crippen LogP contribution in [0.3, 0.4) is 0 Å². The van der Waals surface area contributed by atoms with E-state index in [9.17, 15) is 4.79 Å². The number of nitrogens with one attached hydrogen (secondary N) is 1. The molecule has 1 N–H and O–H groups in total. The average Bonchev–Trinajstić information content (AvgIpc) is 3.04. The molecule has 1 aliphatic carbocycles. The molecule has 0 unspecified atom stereocenters. The van der Waals surface area contributed by atoms with Gasteiger partial charge in [-0.15, -0.1) is 0 Å². The van der Waals surface area contributed by atoms with Crippen LogP contribution in [-0.4, -0.2) is 44.2 Å². The van der Waals surface area contributed by atoms with Crippen LogP contribution in [0.5, 0.6) is 11.5 Å². The zero-order valence-electron chi connectivity index (χ0n) is 15.7. The standard InChI is InChI=1S/C20H29NO5/c1-3-23-17-9-8-15(12-18(17)24-4-2)19(22)21-13-16-14-25-20(26-16)10-6-5-7-11-20/h8-9,12,16H,3-7,10-11,13-14H2,1-2H3,(H,21,22)/t16-/m0/s1. The van der Waals surface area contributed by atoms with Crippen molar-refractivity contribution < 1.29 is 23.7 Å². The van der Waals surface area contributed by atoms with Crippen molar-refractivity contribution in [3.8, 4) is 11.5 Å². The molecule has 3 rings (SSSR count). The maximum atomic E-state index is 12.5. The fourth-order valence-corrected chi connectivity index (χ4v) is 3.57. The molecule has 1 saturated carbocycles. The highest BCUT2D eigenvalue weighted by molar-refractivity contribution is 5.94. The van der Waals surface area contributed by atoms with E-state index in [0.717, 1.165) is 25.7 Å². The second-order valence-corrected chi connectivity index (χ2v) is 6.76. The third-order valence-electron chi connectivity index (χ3n) is 4.82. The van der Waals surface area contributed by atoms with E-state index in [-0.39, 0.29) is 12.0 Å². The number of amides is 1. The summed E-state index contributed by atoms with van der Waals surface area (Å²) in [6, 6.07) is 5.24. The summed E-state index contributed by atoms with van der Waals surface area (Å²) in [6.07, 6.45) is 5.35. The summed E-state index contributed by atoms with van der Waals surface area (Å²) in [6.45, 7) is 5.86. The second kappa shape index (κ2) is 8.73. The Bertz CT molecular complexity index is 612. The van der Waals surface area contributed by atoms with Crippen molar-refractivity contribution in [1.29, 1.82) is 0 Å². The fraction of sp³-hybridized carbons (Fsp3) is 0.650. The van der Waals surface area contributed by atoms with Crippen LogP contribution in [0.2, 0.25) is 0 Å². The summed E-state index contributed by atoms with van der Waals surface area (Å²) >= 11 is 0. The molecule has 1 aromatic carbocycles. The van der Waals surface area contributed by atoms with Crippen molar-refractivity contribution in [2.45, 2.75) is 57.8 Å². The van der Waals surface area contributed by atoms with Crippen molar-refractivity contribution in [1.82, 2.24) is 5.32 Å². The van der Waals surface area contributed by atoms with Gasteiger partial charge in [0.05, 0.1) is 19.8 Å². The van der Waals surface area contributed by atoms with Gasteiger partial charge in [-0.1, -0.05) is 6.42 Å². The SMILES string of the molecule is CCOc1ccc(C(=O)NC[C@H]2COC3(CCCCC3)O2)cc1OCC. The van der Waals surface area contributed by atoms with Crippen LogP contribution in [0.25, 0.3) is 0 Å². The molecule has 1 aliphatic heterocycles. The lowest BCUT2D eigenvalue weighted by Gasteiger charge is -2.31. The first kappa shape index (κ1) is 19.0. The molecule has 6 nitrogen and oxygen atoms in total. The molecule has 26 heavy (non-hydrogen) atoms. The average molecular weight is 363 g/mol. The van der Waals surface area contributed by atoms with Gasteiger partial charge in [0, 0.05) is 24.9 Å². The highest BCUT2D eigenvalue weighted by Gasteiger charge is 2.42. The van der Waals surface area contributed by atoms with E-state index >= 15 is 0 Å². The number of rotatable bonds is 7. The lowest BCUT2D eigenvalue weighted by Crippen LogP contribution is -2.37. The monoisotopic (exact) mass is 363 g/mol. The number of carbonyl (C=O) groups is 1. The number of benzene rings is 1. The molecule has 1 atom stereocenters. The van der Waals surface area contributed by atoms with Gasteiger partial charge in [-0.2, -0.15) is 0 Å². The highest BCUT2D eigenvalue weighted by atomic mass is 16.7. The number of ether oxygens (including phenoxy) is 4. The van der Waals surface area contributed by atoms with E-state index in [0.29, 0.717) is 43.4 Å². The summed E-state index contributed by atoms with van der Waals surface area (Å²) in [4.78, 5) is 12.5. The summed E-state index contributed by atoms with van der Waals surface area (Å²) in [5, 5.41) is 2.94. The van der Waals surface area contributed by atoms with Crippen molar-refractivity contribution in [3.05, 3.63) is 23.8 Å². The maximum absolute atomic E-state index is 12.5. The summed E-state index contributed by atoms with van der Waals surface area (Å²) < 4.78 is 23.1. The molecular formula is C20H29NO5. The van der Waals surface area contributed by atoms with Gasteiger partial charge in [-0.05, 0) is 44.9 Å². The third-order valence-corrected chi connectivity index (χ3v) is 4.82. The van der Waals surface area contributed by atoms with Gasteiger partial charge in [0.1, 0.15) is 6.10 Å². The van der Waals surface area contributed by atoms with Gasteiger partial charge in [-0.3, -0.25) is 4.79 Å². The van der Waals surface area contributed by atoms with E-state index in [1.165, 1.54) is 6.42 Å². The van der Waals surface area contributed by atoms with Crippen molar-refractivity contribution in [2.75, 3.05) is 26.4 Å². The molecule has 0 bridgehead atoms. The number of hydrogen-bond donors (Lipinski definition) is 1. The van der Waals surface area contributed by atoms with Crippen molar-refractivity contribution >= 4 is 5.91 Å². The molecule has 2 aliphatic rings. The second-order valence-electron chi connectivity index (χ2n) is 6.76. The smallest absolute Gasteiger partial charge is 0.251 e.